The summed E-state index contributed by atoms with van der Waals surface area (Å²) in [6, 6.07) is 0. The monoisotopic (exact) mass is 860 g/mol. The fourth-order valence-electron chi connectivity index (χ4n) is 5.59. The molecule has 28 heteroatoms. The van der Waals surface area contributed by atoms with E-state index in [-0.39, 0.29) is 43.7 Å². The number of imidazole rings is 2. The van der Waals surface area contributed by atoms with Gasteiger partial charge in [-0.25, -0.2) is 19.1 Å². The molecule has 0 bridgehead atoms. The van der Waals surface area contributed by atoms with Gasteiger partial charge in [-0.15, -0.1) is 0 Å². The SMILES string of the molecule is COP1(=O)OC[C@H]2O[C@@H](n3c(Br)nc4c(=O)[nH]c(N)nc43)[C@@H](O)C2OP(=O)(O)OC[C@H]2O[C@@H](n3c(Br)nc4c(=O)[nH]c(N)nc43)[C@@H](O)C2O1. The van der Waals surface area contributed by atoms with Gasteiger partial charge in [-0.2, -0.15) is 9.97 Å². The van der Waals surface area contributed by atoms with Gasteiger partial charge in [0, 0.05) is 7.11 Å². The third-order valence-electron chi connectivity index (χ3n) is 7.71. The number of H-pyrrole nitrogens is 2. The summed E-state index contributed by atoms with van der Waals surface area (Å²) in [7, 11) is -8.78. The Morgan fingerprint density at radius 1 is 0.816 bits per heavy atom. The van der Waals surface area contributed by atoms with E-state index in [2.05, 4.69) is 61.8 Å². The van der Waals surface area contributed by atoms with Crippen LogP contribution < -0.4 is 22.6 Å². The highest BCUT2D eigenvalue weighted by Crippen LogP contribution is 2.56. The van der Waals surface area contributed by atoms with Crippen molar-refractivity contribution in [3.8, 4) is 0 Å². The van der Waals surface area contributed by atoms with Crippen LogP contribution in [0.4, 0.5) is 11.9 Å². The van der Waals surface area contributed by atoms with Crippen LogP contribution in [-0.2, 0) is 41.2 Å². The number of phosphoric ester groups is 2. The van der Waals surface area contributed by atoms with Crippen LogP contribution in [0.5, 0.6) is 0 Å². The highest BCUT2D eigenvalue weighted by Gasteiger charge is 2.54. The van der Waals surface area contributed by atoms with Crippen LogP contribution in [0.3, 0.4) is 0 Å². The van der Waals surface area contributed by atoms with Gasteiger partial charge in [0.15, 0.2) is 44.3 Å². The zero-order valence-corrected chi connectivity index (χ0v) is 29.3. The van der Waals surface area contributed by atoms with Gasteiger partial charge in [0.2, 0.25) is 11.9 Å². The van der Waals surface area contributed by atoms with Crippen molar-refractivity contribution in [1.82, 2.24) is 39.0 Å². The summed E-state index contributed by atoms with van der Waals surface area (Å²) in [5.41, 5.74) is 9.39. The van der Waals surface area contributed by atoms with E-state index in [1.165, 1.54) is 0 Å². The van der Waals surface area contributed by atoms with Crippen LogP contribution in [0.2, 0.25) is 0 Å². The molecule has 3 aliphatic heterocycles. The Kier molecular flexibility index (Phi) is 8.88. The summed E-state index contributed by atoms with van der Waals surface area (Å²) in [4.78, 5) is 56.4. The topological polar surface area (TPSA) is 339 Å². The molecule has 49 heavy (non-hydrogen) atoms. The number of aliphatic hydroxyl groups excluding tert-OH is 2. The number of hydrogen-bond acceptors (Lipinski definition) is 19. The average Bonchev–Trinajstić information content (AvgIpc) is 3.72. The average molecular weight is 862 g/mol. The Morgan fingerprint density at radius 3 is 1.73 bits per heavy atom. The summed E-state index contributed by atoms with van der Waals surface area (Å²) in [6.45, 7) is -1.59. The lowest BCUT2D eigenvalue weighted by Crippen LogP contribution is -2.39. The maximum atomic E-state index is 13.8. The number of anilines is 2. The molecule has 0 aliphatic carbocycles. The zero-order chi connectivity index (χ0) is 35.2. The number of rotatable bonds is 3. The number of aromatic amines is 2. The van der Waals surface area contributed by atoms with Crippen LogP contribution >= 0.6 is 47.5 Å². The van der Waals surface area contributed by atoms with Gasteiger partial charge in [0.25, 0.3) is 11.1 Å². The first-order valence-corrected chi connectivity index (χ1v) is 18.3. The van der Waals surface area contributed by atoms with E-state index >= 15 is 0 Å². The highest BCUT2D eigenvalue weighted by atomic mass is 79.9. The molecule has 266 valence electrons. The van der Waals surface area contributed by atoms with Gasteiger partial charge in [-0.05, 0) is 31.9 Å². The maximum Gasteiger partial charge on any atom is 0.475 e. The standard InChI is InChI=1S/C21H24Br2N10O14P2/c1-41-49(40)43-3-5-10(8(34)16(45-5)32-12-6(26-18(32)22)14(36)30-20(24)28-12)46-48(38,39)42-2-4-11(47-49)9(35)17(44-4)33-13-7(27-19(33)23)15(37)31-21(25)29-13/h4-5,8-11,16-17,34-35H,2-3H2,1H3,(H,38,39)(H3,24,28,30,36)(H3,25,29,31,37)/t4-,5-,8+,9+,10?,11?,16-,17-,49?/m1/s1. The number of phosphoric acid groups is 2. The summed E-state index contributed by atoms with van der Waals surface area (Å²) in [5.74, 6) is -0.559. The minimum absolute atomic E-state index is 0.0379. The minimum atomic E-state index is -5.12. The molecule has 7 heterocycles. The van der Waals surface area contributed by atoms with Crippen molar-refractivity contribution < 1.29 is 56.3 Å². The molecule has 24 nitrogen and oxygen atoms in total. The molecular formula is C21H24Br2N10O14P2. The van der Waals surface area contributed by atoms with Crippen molar-refractivity contribution in [2.45, 2.75) is 49.1 Å². The fourth-order valence-corrected chi connectivity index (χ4v) is 8.78. The molecule has 0 radical (unpaired) electrons. The molecule has 4 unspecified atom stereocenters. The van der Waals surface area contributed by atoms with Gasteiger partial charge in [0.05, 0.1) is 13.2 Å². The second kappa shape index (κ2) is 12.5. The summed E-state index contributed by atoms with van der Waals surface area (Å²) >= 11 is 6.36. The second-order valence-electron chi connectivity index (χ2n) is 10.7. The molecule has 3 fully saturated rings. The molecule has 7 rings (SSSR count). The molecule has 0 spiro atoms. The summed E-state index contributed by atoms with van der Waals surface area (Å²) < 4.78 is 67.8. The van der Waals surface area contributed by atoms with Crippen molar-refractivity contribution in [1.29, 1.82) is 0 Å². The lowest BCUT2D eigenvalue weighted by atomic mass is 10.1. The van der Waals surface area contributed by atoms with E-state index in [9.17, 15) is 33.8 Å². The van der Waals surface area contributed by atoms with E-state index in [1.54, 1.807) is 0 Å². The molecule has 4 aromatic heterocycles. The number of nitrogens with two attached hydrogens (primary N) is 2. The predicted octanol–water partition coefficient (Wildman–Crippen LogP) is -0.869. The Labute approximate surface area is 287 Å². The number of halogens is 2. The summed E-state index contributed by atoms with van der Waals surface area (Å²) in [5, 5.41) is 22.7. The lowest BCUT2D eigenvalue weighted by molar-refractivity contribution is -0.0679. The number of aliphatic hydroxyl groups is 2. The van der Waals surface area contributed by atoms with Crippen molar-refractivity contribution in [3.63, 3.8) is 0 Å². The molecule has 0 saturated carbocycles. The van der Waals surface area contributed by atoms with Gasteiger partial charge >= 0.3 is 15.6 Å². The van der Waals surface area contributed by atoms with Gasteiger partial charge in [0.1, 0.15) is 36.6 Å². The zero-order valence-electron chi connectivity index (χ0n) is 24.4. The Balaban J connectivity index is 1.21. The quantitative estimate of drug-likeness (QED) is 0.0972. The van der Waals surface area contributed by atoms with Crippen LogP contribution in [0.1, 0.15) is 12.5 Å². The van der Waals surface area contributed by atoms with Crippen molar-refractivity contribution in [3.05, 3.63) is 30.2 Å². The number of nitrogens with zero attached hydrogens (tertiary/aromatic N) is 6. The van der Waals surface area contributed by atoms with E-state index in [4.69, 9.17) is 43.6 Å². The van der Waals surface area contributed by atoms with E-state index < -0.39 is 89.1 Å². The first-order valence-electron chi connectivity index (χ1n) is 13.8. The van der Waals surface area contributed by atoms with Crippen molar-refractivity contribution in [2.75, 3.05) is 31.8 Å². The highest BCUT2D eigenvalue weighted by molar-refractivity contribution is 9.10. The number of fused-ring (bicyclic) bond motifs is 4. The molecule has 3 aliphatic rings. The third kappa shape index (κ3) is 6.08. The summed E-state index contributed by atoms with van der Waals surface area (Å²) in [6.07, 6.45) is -12.8. The van der Waals surface area contributed by atoms with E-state index in [0.717, 1.165) is 16.2 Å². The smallest absolute Gasteiger partial charge is 0.386 e. The number of aromatic nitrogens is 8. The predicted molar refractivity (Wildman–Crippen MR) is 166 cm³/mol. The first kappa shape index (κ1) is 34.8. The molecular weight excluding hydrogens is 838 g/mol. The van der Waals surface area contributed by atoms with Crippen LogP contribution in [0.25, 0.3) is 22.3 Å². The number of nitrogen functional groups attached to an aromatic ring is 2. The molecule has 10 atom stereocenters. The Bertz CT molecular complexity index is 2180. The number of nitrogens with one attached hydrogen (secondary N) is 2. The Morgan fingerprint density at radius 2 is 1.27 bits per heavy atom. The molecule has 0 amide bonds. The lowest BCUT2D eigenvalue weighted by Gasteiger charge is -2.28. The molecule has 0 aromatic carbocycles. The van der Waals surface area contributed by atoms with Crippen LogP contribution in [0.15, 0.2) is 19.1 Å². The second-order valence-corrected chi connectivity index (χ2v) is 15.2. The van der Waals surface area contributed by atoms with Gasteiger partial charge in [-0.1, -0.05) is 0 Å². The molecule has 4 aromatic rings. The molecule has 9 N–H and O–H groups in total. The third-order valence-corrected chi connectivity index (χ3v) is 11.2. The maximum absolute atomic E-state index is 13.8. The van der Waals surface area contributed by atoms with Crippen LogP contribution in [0, 0.1) is 0 Å². The van der Waals surface area contributed by atoms with Crippen molar-refractivity contribution in [2.24, 2.45) is 0 Å². The van der Waals surface area contributed by atoms with Gasteiger partial charge < -0.3 is 36.0 Å². The fraction of sp³-hybridized carbons (Fsp3) is 0.524. The number of ether oxygens (including phenoxy) is 2. The molecule has 3 saturated heterocycles. The number of hydrogen-bond donors (Lipinski definition) is 7. The Hall–Kier alpha value is -2.68. The van der Waals surface area contributed by atoms with E-state index in [0.29, 0.717) is 0 Å². The van der Waals surface area contributed by atoms with Gasteiger partial charge in [-0.3, -0.25) is 51.3 Å². The van der Waals surface area contributed by atoms with Crippen LogP contribution in [-0.4, -0.2) is 111 Å². The van der Waals surface area contributed by atoms with Crippen molar-refractivity contribution >= 4 is 81.7 Å². The first-order chi connectivity index (χ1) is 23.1. The van der Waals surface area contributed by atoms with E-state index in [1.807, 2.05) is 0 Å². The normalized spacial score (nSPS) is 35.6. The minimum Gasteiger partial charge on any atom is -0.386 e. The largest absolute Gasteiger partial charge is 0.475 e.